The highest BCUT2D eigenvalue weighted by Gasteiger charge is 2.21. The molecule has 0 amide bonds. The molecule has 0 radical (unpaired) electrons. The molecule has 1 aromatic rings. The highest BCUT2D eigenvalue weighted by molar-refractivity contribution is 9.10. The molecule has 7 heteroatoms. The second-order valence-corrected chi connectivity index (χ2v) is 6.28. The van der Waals surface area contributed by atoms with Crippen molar-refractivity contribution < 1.29 is 18.3 Å². The summed E-state index contributed by atoms with van der Waals surface area (Å²) >= 11 is 3.19. The van der Waals surface area contributed by atoms with Gasteiger partial charge >= 0.3 is 5.97 Å². The summed E-state index contributed by atoms with van der Waals surface area (Å²) < 4.78 is 26.4. The van der Waals surface area contributed by atoms with Crippen LogP contribution in [0.5, 0.6) is 0 Å². The standard InChI is InChI=1S/C10H12BrNO4S/c1-6-3-8(11)5-9(4-6)17(15,16)12-7(2)10(13)14/h3-5,7,12H,1-2H3,(H,13,14)/t7-/m1/s1. The number of hydrogen-bond acceptors (Lipinski definition) is 3. The molecule has 2 N–H and O–H groups in total. The van der Waals surface area contributed by atoms with Crippen LogP contribution in [0.3, 0.4) is 0 Å². The van der Waals surface area contributed by atoms with E-state index in [1.54, 1.807) is 13.0 Å². The minimum Gasteiger partial charge on any atom is -0.480 e. The summed E-state index contributed by atoms with van der Waals surface area (Å²) in [6, 6.07) is 3.49. The zero-order chi connectivity index (χ0) is 13.2. The zero-order valence-corrected chi connectivity index (χ0v) is 11.7. The van der Waals surface area contributed by atoms with Gasteiger partial charge in [0.25, 0.3) is 0 Å². The molecule has 1 atom stereocenters. The number of benzene rings is 1. The van der Waals surface area contributed by atoms with Crippen LogP contribution in [0, 0.1) is 6.92 Å². The van der Waals surface area contributed by atoms with Crippen molar-refractivity contribution in [1.29, 1.82) is 0 Å². The summed E-state index contributed by atoms with van der Waals surface area (Å²) in [5, 5.41) is 8.67. The van der Waals surface area contributed by atoms with Gasteiger partial charge in [0.2, 0.25) is 10.0 Å². The molecule has 0 heterocycles. The van der Waals surface area contributed by atoms with Gasteiger partial charge < -0.3 is 5.11 Å². The van der Waals surface area contributed by atoms with Crippen LogP contribution in [0.25, 0.3) is 0 Å². The fraction of sp³-hybridized carbons (Fsp3) is 0.300. The van der Waals surface area contributed by atoms with E-state index >= 15 is 0 Å². The Labute approximate surface area is 108 Å². The Hall–Kier alpha value is -0.920. The Kier molecular flexibility index (Phi) is 4.29. The molecule has 0 fully saturated rings. The lowest BCUT2D eigenvalue weighted by Gasteiger charge is -2.11. The topological polar surface area (TPSA) is 83.5 Å². The van der Waals surface area contributed by atoms with Gasteiger partial charge in [0.1, 0.15) is 6.04 Å². The third-order valence-corrected chi connectivity index (χ3v) is 4.01. The van der Waals surface area contributed by atoms with Gasteiger partial charge in [-0.3, -0.25) is 4.79 Å². The Balaban J connectivity index is 3.09. The Bertz CT molecular complexity index is 521. The first-order chi connectivity index (χ1) is 7.72. The van der Waals surface area contributed by atoms with Crippen LogP contribution in [0.15, 0.2) is 27.6 Å². The van der Waals surface area contributed by atoms with E-state index < -0.39 is 22.0 Å². The molecule has 0 spiro atoms. The molecule has 0 aromatic heterocycles. The maximum Gasteiger partial charge on any atom is 0.321 e. The van der Waals surface area contributed by atoms with Crippen LogP contribution >= 0.6 is 15.9 Å². The van der Waals surface area contributed by atoms with E-state index in [9.17, 15) is 13.2 Å². The first kappa shape index (κ1) is 14.1. The molecule has 0 aliphatic rings. The average Bonchev–Trinajstić information content (AvgIpc) is 2.15. The number of halogens is 1. The third kappa shape index (κ3) is 3.79. The number of carbonyl (C=O) groups is 1. The van der Waals surface area contributed by atoms with Crippen molar-refractivity contribution in [1.82, 2.24) is 4.72 Å². The lowest BCUT2D eigenvalue weighted by atomic mass is 10.2. The first-order valence-corrected chi connectivity index (χ1v) is 7.02. The molecule has 0 aliphatic carbocycles. The van der Waals surface area contributed by atoms with Gasteiger partial charge in [0.15, 0.2) is 0 Å². The van der Waals surface area contributed by atoms with Gasteiger partial charge in [-0.1, -0.05) is 15.9 Å². The number of aliphatic carboxylic acids is 1. The first-order valence-electron chi connectivity index (χ1n) is 4.75. The molecule has 17 heavy (non-hydrogen) atoms. The molecular weight excluding hydrogens is 310 g/mol. The molecule has 1 aromatic carbocycles. The minimum atomic E-state index is -3.81. The van der Waals surface area contributed by atoms with Gasteiger partial charge in [0.05, 0.1) is 4.90 Å². The van der Waals surface area contributed by atoms with E-state index in [0.717, 1.165) is 5.56 Å². The van der Waals surface area contributed by atoms with Crippen LogP contribution in [0.1, 0.15) is 12.5 Å². The normalized spacial score (nSPS) is 13.4. The van der Waals surface area contributed by atoms with E-state index in [1.165, 1.54) is 19.1 Å². The van der Waals surface area contributed by atoms with Crippen LogP contribution in [0.2, 0.25) is 0 Å². The van der Waals surface area contributed by atoms with Crippen LogP contribution in [0.4, 0.5) is 0 Å². The van der Waals surface area contributed by atoms with E-state index in [4.69, 9.17) is 5.11 Å². The Morgan fingerprint density at radius 3 is 2.47 bits per heavy atom. The number of hydrogen-bond donors (Lipinski definition) is 2. The van der Waals surface area contributed by atoms with E-state index in [0.29, 0.717) is 4.47 Å². The molecule has 0 aliphatic heterocycles. The Morgan fingerprint density at radius 1 is 1.41 bits per heavy atom. The molecule has 5 nitrogen and oxygen atoms in total. The predicted octanol–water partition coefficient (Wildman–Crippen LogP) is 1.51. The summed E-state index contributed by atoms with van der Waals surface area (Å²) in [5.74, 6) is -1.22. The minimum absolute atomic E-state index is 0.0393. The van der Waals surface area contributed by atoms with Crippen LogP contribution < -0.4 is 4.72 Å². The van der Waals surface area contributed by atoms with Gasteiger partial charge in [0, 0.05) is 4.47 Å². The predicted molar refractivity (Wildman–Crippen MR) is 66.3 cm³/mol. The number of rotatable bonds is 4. The smallest absolute Gasteiger partial charge is 0.321 e. The maximum absolute atomic E-state index is 11.9. The van der Waals surface area contributed by atoms with Gasteiger partial charge in [-0.25, -0.2) is 8.42 Å². The molecular formula is C10H12BrNO4S. The van der Waals surface area contributed by atoms with Crippen molar-refractivity contribution in [2.45, 2.75) is 24.8 Å². The third-order valence-electron chi connectivity index (χ3n) is 2.03. The molecule has 0 bridgehead atoms. The lowest BCUT2D eigenvalue weighted by molar-refractivity contribution is -0.138. The highest BCUT2D eigenvalue weighted by Crippen LogP contribution is 2.19. The summed E-state index contributed by atoms with van der Waals surface area (Å²) in [6.07, 6.45) is 0. The molecule has 94 valence electrons. The number of carboxylic acid groups (broad SMARTS) is 1. The molecule has 0 saturated heterocycles. The second kappa shape index (κ2) is 5.16. The van der Waals surface area contributed by atoms with Gasteiger partial charge in [-0.15, -0.1) is 0 Å². The SMILES string of the molecule is Cc1cc(Br)cc(S(=O)(=O)N[C@H](C)C(=O)O)c1. The fourth-order valence-electron chi connectivity index (χ4n) is 1.21. The van der Waals surface area contributed by atoms with Crippen molar-refractivity contribution in [3.8, 4) is 0 Å². The summed E-state index contributed by atoms with van der Waals surface area (Å²) in [6.45, 7) is 3.02. The summed E-state index contributed by atoms with van der Waals surface area (Å²) in [5.41, 5.74) is 0.766. The van der Waals surface area contributed by atoms with E-state index in [1.807, 2.05) is 0 Å². The summed E-state index contributed by atoms with van der Waals surface area (Å²) in [4.78, 5) is 10.6. The zero-order valence-electron chi connectivity index (χ0n) is 9.27. The maximum atomic E-state index is 11.9. The largest absolute Gasteiger partial charge is 0.480 e. The van der Waals surface area contributed by atoms with Crippen molar-refractivity contribution >= 4 is 31.9 Å². The van der Waals surface area contributed by atoms with Crippen molar-refractivity contribution in [2.75, 3.05) is 0 Å². The Morgan fingerprint density at radius 2 is 2.00 bits per heavy atom. The van der Waals surface area contributed by atoms with Crippen LogP contribution in [-0.4, -0.2) is 25.5 Å². The van der Waals surface area contributed by atoms with Gasteiger partial charge in [-0.05, 0) is 37.6 Å². The number of carboxylic acids is 1. The molecule has 0 saturated carbocycles. The second-order valence-electron chi connectivity index (χ2n) is 3.65. The van der Waals surface area contributed by atoms with Crippen molar-refractivity contribution in [3.05, 3.63) is 28.2 Å². The monoisotopic (exact) mass is 321 g/mol. The number of nitrogens with one attached hydrogen (secondary N) is 1. The fourth-order valence-corrected chi connectivity index (χ4v) is 3.29. The van der Waals surface area contributed by atoms with Crippen molar-refractivity contribution in [3.63, 3.8) is 0 Å². The summed E-state index contributed by atoms with van der Waals surface area (Å²) in [7, 11) is -3.81. The average molecular weight is 322 g/mol. The van der Waals surface area contributed by atoms with E-state index in [-0.39, 0.29) is 4.90 Å². The van der Waals surface area contributed by atoms with Gasteiger partial charge in [-0.2, -0.15) is 4.72 Å². The van der Waals surface area contributed by atoms with Crippen molar-refractivity contribution in [2.24, 2.45) is 0 Å². The molecule has 1 rings (SSSR count). The molecule has 0 unspecified atom stereocenters. The van der Waals surface area contributed by atoms with E-state index in [2.05, 4.69) is 20.7 Å². The highest BCUT2D eigenvalue weighted by atomic mass is 79.9. The van der Waals surface area contributed by atoms with Crippen LogP contribution in [-0.2, 0) is 14.8 Å². The quantitative estimate of drug-likeness (QED) is 0.880. The number of aryl methyl sites for hydroxylation is 1. The lowest BCUT2D eigenvalue weighted by Crippen LogP contribution is -2.38. The number of sulfonamides is 1.